The molecule has 0 saturated carbocycles. The average Bonchev–Trinajstić information content (AvgIpc) is 2.79. The van der Waals surface area contributed by atoms with Crippen LogP contribution in [0, 0.1) is 18.8 Å². The lowest BCUT2D eigenvalue weighted by atomic mass is 9.90. The fourth-order valence-corrected chi connectivity index (χ4v) is 2.99. The van der Waals surface area contributed by atoms with Crippen LogP contribution >= 0.6 is 0 Å². The van der Waals surface area contributed by atoms with Crippen molar-refractivity contribution in [3.63, 3.8) is 0 Å². The van der Waals surface area contributed by atoms with Gasteiger partial charge in [-0.15, -0.1) is 0 Å². The minimum absolute atomic E-state index is 0.109. The Bertz CT molecular complexity index is 550. The van der Waals surface area contributed by atoms with Crippen molar-refractivity contribution >= 4 is 11.9 Å². The second-order valence-corrected chi connectivity index (χ2v) is 6.35. The maximum absolute atomic E-state index is 12.8. The Labute approximate surface area is 124 Å². The number of amides is 1. The number of carbonyl (C=O) groups is 2. The topological polar surface area (TPSA) is 86.3 Å². The molecule has 6 nitrogen and oxygen atoms in total. The predicted octanol–water partition coefficient (Wildman–Crippen LogP) is 2.02. The molecule has 1 aliphatic heterocycles. The number of nitrogens with one attached hydrogen (secondary N) is 1. The fraction of sp³-hybridized carbons (Fsp3) is 0.667. The van der Waals surface area contributed by atoms with Gasteiger partial charge in [0.25, 0.3) is 5.91 Å². The minimum atomic E-state index is -0.827. The number of aromatic nitrogens is 2. The molecule has 1 amide bonds. The molecule has 1 aromatic rings. The zero-order valence-electron chi connectivity index (χ0n) is 13.0. The van der Waals surface area contributed by atoms with Gasteiger partial charge in [0.2, 0.25) is 0 Å². The number of hydrogen-bond donors (Lipinski definition) is 2. The van der Waals surface area contributed by atoms with Gasteiger partial charge < -0.3 is 10.0 Å². The second kappa shape index (κ2) is 5.87. The second-order valence-electron chi connectivity index (χ2n) is 6.35. The summed E-state index contributed by atoms with van der Waals surface area (Å²) in [5, 5.41) is 16.3. The minimum Gasteiger partial charge on any atom is -0.481 e. The summed E-state index contributed by atoms with van der Waals surface area (Å²) >= 11 is 0. The molecule has 21 heavy (non-hydrogen) atoms. The summed E-state index contributed by atoms with van der Waals surface area (Å²) in [5.41, 5.74) is 2.10. The Hall–Kier alpha value is -1.85. The largest absolute Gasteiger partial charge is 0.481 e. The number of aliphatic carboxylic acids is 1. The van der Waals surface area contributed by atoms with Crippen LogP contribution in [0.2, 0.25) is 0 Å². The van der Waals surface area contributed by atoms with Gasteiger partial charge in [0.15, 0.2) is 0 Å². The molecule has 0 aromatic carbocycles. The number of hydrogen-bond acceptors (Lipinski definition) is 3. The summed E-state index contributed by atoms with van der Waals surface area (Å²) in [4.78, 5) is 25.7. The molecule has 1 aromatic heterocycles. The fourth-order valence-electron chi connectivity index (χ4n) is 2.99. The van der Waals surface area contributed by atoms with E-state index in [2.05, 4.69) is 10.2 Å². The highest BCUT2D eigenvalue weighted by Crippen LogP contribution is 2.26. The molecule has 1 fully saturated rings. The van der Waals surface area contributed by atoms with Crippen LogP contribution in [-0.2, 0) is 4.79 Å². The van der Waals surface area contributed by atoms with Crippen molar-refractivity contribution in [3.05, 3.63) is 17.0 Å². The summed E-state index contributed by atoms with van der Waals surface area (Å²) in [6.07, 6.45) is 0.626. The molecule has 2 atom stereocenters. The van der Waals surface area contributed by atoms with E-state index in [1.807, 2.05) is 27.7 Å². The van der Waals surface area contributed by atoms with Crippen molar-refractivity contribution in [2.24, 2.45) is 11.8 Å². The first-order valence-corrected chi connectivity index (χ1v) is 7.38. The summed E-state index contributed by atoms with van der Waals surface area (Å²) < 4.78 is 0. The van der Waals surface area contributed by atoms with Crippen molar-refractivity contribution in [2.45, 2.75) is 40.0 Å². The maximum atomic E-state index is 12.8. The Balaban J connectivity index is 2.27. The lowest BCUT2D eigenvalue weighted by Crippen LogP contribution is -2.45. The maximum Gasteiger partial charge on any atom is 0.308 e. The number of aryl methyl sites for hydroxylation is 1. The highest BCUT2D eigenvalue weighted by atomic mass is 16.4. The molecule has 0 radical (unpaired) electrons. The highest BCUT2D eigenvalue weighted by Gasteiger charge is 2.34. The van der Waals surface area contributed by atoms with E-state index in [1.165, 1.54) is 0 Å². The van der Waals surface area contributed by atoms with Crippen molar-refractivity contribution in [1.29, 1.82) is 0 Å². The first kappa shape index (κ1) is 15.5. The SMILES string of the molecule is Cc1[nH]nc(C(C)C)c1C(=O)N1CC(C)CC(C(=O)O)C1. The number of rotatable bonds is 3. The molecule has 116 valence electrons. The van der Waals surface area contributed by atoms with Gasteiger partial charge in [-0.2, -0.15) is 5.10 Å². The van der Waals surface area contributed by atoms with E-state index in [1.54, 1.807) is 4.90 Å². The Morgan fingerprint density at radius 2 is 2.05 bits per heavy atom. The van der Waals surface area contributed by atoms with Gasteiger partial charge in [-0.1, -0.05) is 20.8 Å². The van der Waals surface area contributed by atoms with Crippen molar-refractivity contribution < 1.29 is 14.7 Å². The van der Waals surface area contributed by atoms with E-state index in [0.717, 1.165) is 11.4 Å². The average molecular weight is 293 g/mol. The predicted molar refractivity (Wildman–Crippen MR) is 78.2 cm³/mol. The van der Waals surface area contributed by atoms with Crippen molar-refractivity contribution in [2.75, 3.05) is 13.1 Å². The monoisotopic (exact) mass is 293 g/mol. The van der Waals surface area contributed by atoms with E-state index in [9.17, 15) is 14.7 Å². The van der Waals surface area contributed by atoms with Gasteiger partial charge in [-0.05, 0) is 25.2 Å². The molecule has 1 aliphatic rings. The number of piperidine rings is 1. The van der Waals surface area contributed by atoms with E-state index in [4.69, 9.17) is 0 Å². The number of aromatic amines is 1. The first-order valence-electron chi connectivity index (χ1n) is 7.38. The summed E-state index contributed by atoms with van der Waals surface area (Å²) in [7, 11) is 0. The lowest BCUT2D eigenvalue weighted by Gasteiger charge is -2.34. The summed E-state index contributed by atoms with van der Waals surface area (Å²) in [6, 6.07) is 0. The smallest absolute Gasteiger partial charge is 0.308 e. The van der Waals surface area contributed by atoms with Crippen LogP contribution in [0.4, 0.5) is 0 Å². The van der Waals surface area contributed by atoms with Crippen molar-refractivity contribution in [3.8, 4) is 0 Å². The Kier molecular flexibility index (Phi) is 4.34. The van der Waals surface area contributed by atoms with Crippen LogP contribution in [0.25, 0.3) is 0 Å². The van der Waals surface area contributed by atoms with Gasteiger partial charge in [0.05, 0.1) is 17.2 Å². The number of H-pyrrole nitrogens is 1. The van der Waals surface area contributed by atoms with E-state index < -0.39 is 11.9 Å². The van der Waals surface area contributed by atoms with E-state index in [0.29, 0.717) is 18.5 Å². The van der Waals surface area contributed by atoms with Crippen LogP contribution in [0.5, 0.6) is 0 Å². The van der Waals surface area contributed by atoms with Crippen LogP contribution < -0.4 is 0 Å². The molecular weight excluding hydrogens is 270 g/mol. The highest BCUT2D eigenvalue weighted by molar-refractivity contribution is 5.97. The third-order valence-corrected chi connectivity index (χ3v) is 4.03. The van der Waals surface area contributed by atoms with Crippen LogP contribution in [-0.4, -0.2) is 45.2 Å². The molecule has 0 bridgehead atoms. The van der Waals surface area contributed by atoms with Crippen molar-refractivity contribution in [1.82, 2.24) is 15.1 Å². The molecule has 6 heteroatoms. The van der Waals surface area contributed by atoms with Crippen LogP contribution in [0.15, 0.2) is 0 Å². The number of carbonyl (C=O) groups excluding carboxylic acids is 1. The zero-order chi connectivity index (χ0) is 15.7. The van der Waals surface area contributed by atoms with Gasteiger partial charge in [-0.25, -0.2) is 0 Å². The summed E-state index contributed by atoms with van der Waals surface area (Å²) in [5.74, 6) is -1.08. The molecule has 0 spiro atoms. The Morgan fingerprint density at radius 1 is 1.38 bits per heavy atom. The molecule has 0 aliphatic carbocycles. The number of likely N-dealkylation sites (tertiary alicyclic amines) is 1. The lowest BCUT2D eigenvalue weighted by molar-refractivity contribution is -0.143. The zero-order valence-corrected chi connectivity index (χ0v) is 13.0. The van der Waals surface area contributed by atoms with E-state index in [-0.39, 0.29) is 24.3 Å². The van der Waals surface area contributed by atoms with Gasteiger partial charge >= 0.3 is 5.97 Å². The standard InChI is InChI=1S/C15H23N3O3/c1-8(2)13-12(10(4)16-17-13)14(19)18-6-9(3)5-11(7-18)15(20)21/h8-9,11H,5-7H2,1-4H3,(H,16,17)(H,20,21). The number of carboxylic acid groups (broad SMARTS) is 1. The first-order chi connectivity index (χ1) is 9.81. The summed E-state index contributed by atoms with van der Waals surface area (Å²) in [6.45, 7) is 8.68. The molecule has 2 N–H and O–H groups in total. The quantitative estimate of drug-likeness (QED) is 0.892. The number of nitrogens with zero attached hydrogens (tertiary/aromatic N) is 2. The normalized spacial score (nSPS) is 22.6. The molecular formula is C15H23N3O3. The van der Waals surface area contributed by atoms with Gasteiger partial charge in [-0.3, -0.25) is 14.7 Å². The van der Waals surface area contributed by atoms with Crippen LogP contribution in [0.1, 0.15) is 54.9 Å². The van der Waals surface area contributed by atoms with Gasteiger partial charge in [0, 0.05) is 18.8 Å². The van der Waals surface area contributed by atoms with Gasteiger partial charge in [0.1, 0.15) is 0 Å². The third-order valence-electron chi connectivity index (χ3n) is 4.03. The Morgan fingerprint density at radius 3 is 2.62 bits per heavy atom. The molecule has 2 unspecified atom stereocenters. The molecule has 2 rings (SSSR count). The molecule has 1 saturated heterocycles. The third kappa shape index (κ3) is 3.09. The van der Waals surface area contributed by atoms with Crippen LogP contribution in [0.3, 0.4) is 0 Å². The van der Waals surface area contributed by atoms with E-state index >= 15 is 0 Å². The number of carboxylic acids is 1. The molecule has 2 heterocycles.